The number of unbranched alkanes of at least 4 members (excludes halogenated alkanes) is 1. The maximum atomic E-state index is 13.5. The number of benzene rings is 1. The topological polar surface area (TPSA) is 61.8 Å². The van der Waals surface area contributed by atoms with Gasteiger partial charge in [-0.2, -0.15) is 0 Å². The van der Waals surface area contributed by atoms with Crippen LogP contribution in [-0.4, -0.2) is 56.3 Å². The summed E-state index contributed by atoms with van der Waals surface area (Å²) in [5.74, 6) is 1.52. The molecule has 2 aliphatic rings. The Bertz CT molecular complexity index is 779. The molecule has 5 nitrogen and oxygen atoms in total. The molecule has 1 saturated carbocycles. The summed E-state index contributed by atoms with van der Waals surface area (Å²) in [6.07, 6.45) is 14.0. The molecule has 0 spiro atoms. The van der Waals surface area contributed by atoms with Crippen LogP contribution >= 0.6 is 0 Å². The summed E-state index contributed by atoms with van der Waals surface area (Å²) < 4.78 is 5.26. The fourth-order valence-electron chi connectivity index (χ4n) is 6.68. The number of nitrogens with one attached hydrogen (secondary N) is 1. The zero-order valence-corrected chi connectivity index (χ0v) is 23.3. The minimum Gasteiger partial charge on any atom is -0.385 e. The number of methoxy groups -OCH3 is 1. The Labute approximate surface area is 220 Å². The number of amides is 1. The monoisotopic (exact) mass is 500 g/mol. The lowest BCUT2D eigenvalue weighted by Gasteiger charge is -2.43. The molecule has 1 aliphatic carbocycles. The van der Waals surface area contributed by atoms with Gasteiger partial charge in [-0.25, -0.2) is 0 Å². The van der Waals surface area contributed by atoms with Gasteiger partial charge in [0.15, 0.2) is 0 Å². The molecule has 0 aromatic heterocycles. The first-order valence-corrected chi connectivity index (χ1v) is 14.7. The van der Waals surface area contributed by atoms with Crippen molar-refractivity contribution >= 4 is 5.91 Å². The number of carbonyl (C=O) groups is 1. The predicted octanol–water partition coefficient (Wildman–Crippen LogP) is 5.69. The molecule has 0 radical (unpaired) electrons. The number of aliphatic hydroxyl groups is 1. The zero-order valence-electron chi connectivity index (χ0n) is 23.3. The Morgan fingerprint density at radius 2 is 2.00 bits per heavy atom. The van der Waals surface area contributed by atoms with Gasteiger partial charge in [-0.05, 0) is 81.5 Å². The van der Waals surface area contributed by atoms with Crippen LogP contribution in [0.15, 0.2) is 24.3 Å². The second-order valence-corrected chi connectivity index (χ2v) is 11.5. The number of piperidine rings is 1. The number of rotatable bonds is 14. The van der Waals surface area contributed by atoms with Crippen molar-refractivity contribution in [2.75, 3.05) is 40.4 Å². The highest BCUT2D eigenvalue weighted by atomic mass is 16.5. The number of aryl methyl sites for hydroxylation is 1. The molecule has 3 atom stereocenters. The van der Waals surface area contributed by atoms with Crippen molar-refractivity contribution in [3.8, 4) is 0 Å². The van der Waals surface area contributed by atoms with E-state index in [1.165, 1.54) is 37.7 Å². The van der Waals surface area contributed by atoms with Crippen LogP contribution in [0.2, 0.25) is 0 Å². The highest BCUT2D eigenvalue weighted by Gasteiger charge is 2.41. The SMILES string of the molecule is CCc1cccc([C@](O)(CCCCOC)[C@@H]2CCCN(C(=O)C[C@H](CNC)CC3CCCCC3)C2)c1. The van der Waals surface area contributed by atoms with Gasteiger partial charge in [0.2, 0.25) is 5.91 Å². The second-order valence-electron chi connectivity index (χ2n) is 11.5. The number of hydrogen-bond donors (Lipinski definition) is 2. The van der Waals surface area contributed by atoms with Gasteiger partial charge in [0.05, 0.1) is 5.60 Å². The summed E-state index contributed by atoms with van der Waals surface area (Å²) in [7, 11) is 3.74. The van der Waals surface area contributed by atoms with Crippen LogP contribution in [0.3, 0.4) is 0 Å². The Morgan fingerprint density at radius 1 is 1.19 bits per heavy atom. The third kappa shape index (κ3) is 8.29. The lowest BCUT2D eigenvalue weighted by atomic mass is 9.73. The zero-order chi connectivity index (χ0) is 25.8. The Kier molecular flexibility index (Phi) is 12.2. The van der Waals surface area contributed by atoms with Crippen molar-refractivity contribution in [3.05, 3.63) is 35.4 Å². The van der Waals surface area contributed by atoms with Gasteiger partial charge in [0.25, 0.3) is 0 Å². The first kappa shape index (κ1) is 29.1. The van der Waals surface area contributed by atoms with E-state index < -0.39 is 5.60 Å². The number of nitrogens with zero attached hydrogens (tertiary/aromatic N) is 1. The molecule has 1 amide bonds. The standard InChI is InChI=1S/C31H52N2O3/c1-4-25-14-10-15-28(21-25)31(35,17-8-9-19-36-3)29-16-11-18-33(24-29)30(34)22-27(23-32-2)20-26-12-6-5-7-13-26/h10,14-15,21,26-27,29,32,35H,4-9,11-13,16-20,22-24H2,1-3H3/t27-,29-,31-/m1/s1. The van der Waals surface area contributed by atoms with Crippen molar-refractivity contribution in [1.29, 1.82) is 0 Å². The second kappa shape index (κ2) is 15.1. The van der Waals surface area contributed by atoms with Crippen LogP contribution in [0, 0.1) is 17.8 Å². The summed E-state index contributed by atoms with van der Waals surface area (Å²) in [5, 5.41) is 15.6. The van der Waals surface area contributed by atoms with Crippen LogP contribution in [0.25, 0.3) is 0 Å². The van der Waals surface area contributed by atoms with Crippen LogP contribution in [0.4, 0.5) is 0 Å². The molecule has 0 unspecified atom stereocenters. The Morgan fingerprint density at radius 3 is 2.72 bits per heavy atom. The lowest BCUT2D eigenvalue weighted by Crippen LogP contribution is -2.48. The Balaban J connectivity index is 1.70. The number of likely N-dealkylation sites (tertiary alicyclic amines) is 1. The number of carbonyl (C=O) groups excluding carboxylic acids is 1. The van der Waals surface area contributed by atoms with E-state index in [4.69, 9.17) is 4.74 Å². The first-order chi connectivity index (χ1) is 17.5. The number of hydrogen-bond acceptors (Lipinski definition) is 4. The van der Waals surface area contributed by atoms with Crippen LogP contribution in [-0.2, 0) is 21.6 Å². The van der Waals surface area contributed by atoms with Crippen molar-refractivity contribution in [3.63, 3.8) is 0 Å². The van der Waals surface area contributed by atoms with Crippen molar-refractivity contribution in [2.45, 2.75) is 96.0 Å². The molecule has 36 heavy (non-hydrogen) atoms. The van der Waals surface area contributed by atoms with E-state index in [0.717, 1.165) is 63.1 Å². The molecule has 0 bridgehead atoms. The first-order valence-electron chi connectivity index (χ1n) is 14.7. The molecule has 2 fully saturated rings. The third-order valence-corrected chi connectivity index (χ3v) is 8.79. The lowest BCUT2D eigenvalue weighted by molar-refractivity contribution is -0.138. The van der Waals surface area contributed by atoms with E-state index in [-0.39, 0.29) is 11.8 Å². The molecule has 2 N–H and O–H groups in total. The van der Waals surface area contributed by atoms with Gasteiger partial charge >= 0.3 is 0 Å². The summed E-state index contributed by atoms with van der Waals surface area (Å²) >= 11 is 0. The van der Waals surface area contributed by atoms with Crippen LogP contribution < -0.4 is 5.32 Å². The smallest absolute Gasteiger partial charge is 0.222 e. The molecule has 1 heterocycles. The van der Waals surface area contributed by atoms with Gasteiger partial charge in [-0.15, -0.1) is 0 Å². The van der Waals surface area contributed by atoms with Gasteiger partial charge < -0.3 is 20.1 Å². The fraction of sp³-hybridized carbons (Fsp3) is 0.774. The average molecular weight is 501 g/mol. The van der Waals surface area contributed by atoms with Crippen molar-refractivity contribution < 1.29 is 14.6 Å². The fourth-order valence-corrected chi connectivity index (χ4v) is 6.68. The van der Waals surface area contributed by atoms with E-state index in [9.17, 15) is 9.90 Å². The molecule has 3 rings (SSSR count). The molecular weight excluding hydrogens is 448 g/mol. The maximum Gasteiger partial charge on any atom is 0.222 e. The van der Waals surface area contributed by atoms with Gasteiger partial charge in [0, 0.05) is 39.1 Å². The van der Waals surface area contributed by atoms with E-state index in [0.29, 0.717) is 31.9 Å². The molecule has 5 heteroatoms. The maximum absolute atomic E-state index is 13.5. The van der Waals surface area contributed by atoms with E-state index in [2.05, 4.69) is 41.4 Å². The minimum absolute atomic E-state index is 0.0611. The van der Waals surface area contributed by atoms with Gasteiger partial charge in [-0.3, -0.25) is 4.79 Å². The normalized spacial score (nSPS) is 21.8. The van der Waals surface area contributed by atoms with Crippen LogP contribution in [0.1, 0.15) is 95.1 Å². The Hall–Kier alpha value is -1.43. The van der Waals surface area contributed by atoms with E-state index >= 15 is 0 Å². The number of ether oxygens (including phenoxy) is 1. The molecule has 204 valence electrons. The van der Waals surface area contributed by atoms with E-state index in [1.807, 2.05) is 7.05 Å². The van der Waals surface area contributed by atoms with Gasteiger partial charge in [-0.1, -0.05) is 63.3 Å². The highest BCUT2D eigenvalue weighted by Crippen LogP contribution is 2.40. The quantitative estimate of drug-likeness (QED) is 0.322. The highest BCUT2D eigenvalue weighted by molar-refractivity contribution is 5.76. The average Bonchev–Trinajstić information content (AvgIpc) is 2.91. The van der Waals surface area contributed by atoms with Gasteiger partial charge in [0.1, 0.15) is 0 Å². The minimum atomic E-state index is -0.912. The van der Waals surface area contributed by atoms with E-state index in [1.54, 1.807) is 7.11 Å². The summed E-state index contributed by atoms with van der Waals surface area (Å²) in [4.78, 5) is 15.6. The molecule has 1 aromatic carbocycles. The third-order valence-electron chi connectivity index (χ3n) is 8.79. The molecule has 1 aromatic rings. The summed E-state index contributed by atoms with van der Waals surface area (Å²) in [6, 6.07) is 8.49. The largest absolute Gasteiger partial charge is 0.385 e. The van der Waals surface area contributed by atoms with Crippen molar-refractivity contribution in [1.82, 2.24) is 10.2 Å². The van der Waals surface area contributed by atoms with Crippen LogP contribution in [0.5, 0.6) is 0 Å². The van der Waals surface area contributed by atoms with Crippen molar-refractivity contribution in [2.24, 2.45) is 17.8 Å². The molecular formula is C31H52N2O3. The molecule has 1 saturated heterocycles. The predicted molar refractivity (Wildman–Crippen MR) is 148 cm³/mol. The summed E-state index contributed by atoms with van der Waals surface area (Å²) in [6.45, 7) is 5.26. The summed E-state index contributed by atoms with van der Waals surface area (Å²) in [5.41, 5.74) is 1.36. The molecule has 1 aliphatic heterocycles.